The molecule has 2 aromatic heterocycles. The van der Waals surface area contributed by atoms with Crippen molar-refractivity contribution in [1.82, 2.24) is 14.3 Å². The number of aryl methyl sites for hydroxylation is 2. The van der Waals surface area contributed by atoms with Crippen molar-refractivity contribution in [2.75, 3.05) is 0 Å². The van der Waals surface area contributed by atoms with Gasteiger partial charge in [0.05, 0.1) is 22.8 Å². The van der Waals surface area contributed by atoms with Crippen LogP contribution in [0.2, 0.25) is 0 Å². The van der Waals surface area contributed by atoms with Gasteiger partial charge in [-0.2, -0.15) is 23.3 Å². The summed E-state index contributed by atoms with van der Waals surface area (Å²) >= 11 is 0.911. The second kappa shape index (κ2) is 7.90. The van der Waals surface area contributed by atoms with Gasteiger partial charge >= 0.3 is 6.18 Å². The molecule has 1 amide bonds. The van der Waals surface area contributed by atoms with Crippen molar-refractivity contribution in [1.29, 1.82) is 0 Å². The fraction of sp³-hybridized carbons (Fsp3) is 0.333. The molecule has 0 bridgehead atoms. The number of halogens is 4. The average molecular weight is 428 g/mol. The van der Waals surface area contributed by atoms with Crippen molar-refractivity contribution in [2.24, 2.45) is 12.0 Å². The van der Waals surface area contributed by atoms with Crippen LogP contribution in [0.4, 0.5) is 17.6 Å². The van der Waals surface area contributed by atoms with Gasteiger partial charge in [0.1, 0.15) is 10.5 Å². The first-order chi connectivity index (χ1) is 13.6. The summed E-state index contributed by atoms with van der Waals surface area (Å²) in [5.74, 6) is -2.26. The summed E-state index contributed by atoms with van der Waals surface area (Å²) in [4.78, 5) is 28.7. The van der Waals surface area contributed by atoms with Gasteiger partial charge in [0.15, 0.2) is 4.80 Å². The maximum Gasteiger partial charge on any atom is 0.416 e. The highest BCUT2D eigenvalue weighted by Crippen LogP contribution is 2.30. The topological polar surface area (TPSA) is 69.2 Å². The molecular formula is C18H16F4N4O2S. The fourth-order valence-corrected chi connectivity index (χ4v) is 3.77. The molecule has 3 rings (SSSR count). The number of hydrogen-bond donors (Lipinski definition) is 0. The molecule has 0 N–H and O–H groups in total. The molecule has 0 aliphatic heterocycles. The quantitative estimate of drug-likeness (QED) is 0.598. The van der Waals surface area contributed by atoms with Crippen LogP contribution in [0.25, 0.3) is 10.2 Å². The summed E-state index contributed by atoms with van der Waals surface area (Å²) in [6.07, 6.45) is -1.74. The Kier molecular flexibility index (Phi) is 5.69. The third-order valence-electron chi connectivity index (χ3n) is 4.25. The number of unbranched alkanes of at least 4 members (excludes halogenated alkanes) is 1. The van der Waals surface area contributed by atoms with Crippen molar-refractivity contribution < 1.29 is 22.4 Å². The van der Waals surface area contributed by atoms with E-state index in [0.717, 1.165) is 22.4 Å². The van der Waals surface area contributed by atoms with Crippen molar-refractivity contribution in [3.63, 3.8) is 0 Å². The van der Waals surface area contributed by atoms with Gasteiger partial charge < -0.3 is 4.57 Å². The summed E-state index contributed by atoms with van der Waals surface area (Å²) in [6.45, 7) is 2.37. The van der Waals surface area contributed by atoms with Crippen LogP contribution in [0.1, 0.15) is 35.7 Å². The lowest BCUT2D eigenvalue weighted by Gasteiger charge is -2.08. The van der Waals surface area contributed by atoms with E-state index in [1.807, 2.05) is 6.92 Å². The molecule has 154 valence electrons. The molecule has 0 atom stereocenters. The van der Waals surface area contributed by atoms with Gasteiger partial charge in [0, 0.05) is 13.6 Å². The Morgan fingerprint density at radius 1 is 1.31 bits per heavy atom. The second-order valence-electron chi connectivity index (χ2n) is 6.29. The molecule has 6 nitrogen and oxygen atoms in total. The van der Waals surface area contributed by atoms with Crippen LogP contribution in [0.15, 0.2) is 34.2 Å². The zero-order valence-electron chi connectivity index (χ0n) is 15.5. The van der Waals surface area contributed by atoms with Crippen LogP contribution in [-0.4, -0.2) is 20.3 Å². The molecule has 0 saturated heterocycles. The van der Waals surface area contributed by atoms with Crippen molar-refractivity contribution in [3.05, 3.63) is 56.5 Å². The maximum atomic E-state index is 14.0. The second-order valence-corrected chi connectivity index (χ2v) is 7.26. The standard InChI is InChI=1S/C18H16F4N4O2S/c1-3-4-7-26-13-9-23-25(2)16(28)14(13)29-17(26)24-15(27)11-8-10(18(20,21)22)5-6-12(11)19/h5-6,8-9H,3-4,7H2,1-2H3/b24-17-. The van der Waals surface area contributed by atoms with E-state index in [-0.39, 0.29) is 4.80 Å². The number of carbonyl (C=O) groups is 1. The predicted molar refractivity (Wildman–Crippen MR) is 99.1 cm³/mol. The summed E-state index contributed by atoms with van der Waals surface area (Å²) < 4.78 is 55.8. The van der Waals surface area contributed by atoms with E-state index in [1.165, 1.54) is 13.2 Å². The van der Waals surface area contributed by atoms with E-state index in [4.69, 9.17) is 0 Å². The summed E-state index contributed by atoms with van der Waals surface area (Å²) in [5, 5.41) is 3.96. The SMILES string of the molecule is CCCCn1/c(=N/C(=O)c2cc(C(F)(F)F)ccc2F)sc2c(=O)n(C)ncc21. The van der Waals surface area contributed by atoms with Crippen molar-refractivity contribution in [3.8, 4) is 0 Å². The molecule has 0 unspecified atom stereocenters. The summed E-state index contributed by atoms with van der Waals surface area (Å²) in [6, 6.07) is 1.58. The largest absolute Gasteiger partial charge is 0.416 e. The maximum absolute atomic E-state index is 14.0. The normalized spacial score (nSPS) is 12.7. The zero-order chi connectivity index (χ0) is 21.3. The minimum atomic E-state index is -4.72. The Morgan fingerprint density at radius 2 is 2.03 bits per heavy atom. The van der Waals surface area contributed by atoms with Gasteiger partial charge in [-0.05, 0) is 24.6 Å². The molecule has 0 radical (unpaired) electrons. The Morgan fingerprint density at radius 3 is 2.69 bits per heavy atom. The van der Waals surface area contributed by atoms with Crippen molar-refractivity contribution in [2.45, 2.75) is 32.5 Å². The number of nitrogens with zero attached hydrogens (tertiary/aromatic N) is 4. The number of amides is 1. The minimum absolute atomic E-state index is 0.0976. The smallest absolute Gasteiger partial charge is 0.315 e. The van der Waals surface area contributed by atoms with Crippen LogP contribution < -0.4 is 10.4 Å². The lowest BCUT2D eigenvalue weighted by Crippen LogP contribution is -2.20. The third-order valence-corrected chi connectivity index (χ3v) is 5.33. The number of thiazole rings is 1. The Hall–Kier alpha value is -2.82. The minimum Gasteiger partial charge on any atom is -0.315 e. The van der Waals surface area contributed by atoms with E-state index >= 15 is 0 Å². The van der Waals surface area contributed by atoms with E-state index in [9.17, 15) is 27.2 Å². The van der Waals surface area contributed by atoms with E-state index in [2.05, 4.69) is 10.1 Å². The Balaban J connectivity index is 2.18. The molecule has 0 saturated carbocycles. The number of alkyl halides is 3. The first-order valence-corrected chi connectivity index (χ1v) is 9.46. The predicted octanol–water partition coefficient (Wildman–Crippen LogP) is 3.50. The van der Waals surface area contributed by atoms with E-state index < -0.39 is 34.6 Å². The van der Waals surface area contributed by atoms with Gasteiger partial charge in [-0.15, -0.1) is 0 Å². The summed E-state index contributed by atoms with van der Waals surface area (Å²) in [5.41, 5.74) is -1.87. The third kappa shape index (κ3) is 4.14. The zero-order valence-corrected chi connectivity index (χ0v) is 16.3. The Bertz CT molecular complexity index is 1210. The first kappa shape index (κ1) is 20.9. The number of hydrogen-bond acceptors (Lipinski definition) is 4. The molecule has 0 aliphatic rings. The molecular weight excluding hydrogens is 412 g/mol. The molecule has 0 fully saturated rings. The highest BCUT2D eigenvalue weighted by molar-refractivity contribution is 7.16. The molecule has 2 heterocycles. The molecule has 1 aromatic carbocycles. The molecule has 11 heteroatoms. The molecule has 0 aliphatic carbocycles. The lowest BCUT2D eigenvalue weighted by atomic mass is 10.1. The van der Waals surface area contributed by atoms with E-state index in [1.54, 1.807) is 4.57 Å². The molecule has 3 aromatic rings. The van der Waals surface area contributed by atoms with Gasteiger partial charge in [0.25, 0.3) is 11.5 Å². The van der Waals surface area contributed by atoms with Crippen molar-refractivity contribution >= 4 is 27.5 Å². The number of carbonyl (C=O) groups excluding carboxylic acids is 1. The van der Waals surface area contributed by atoms with Gasteiger partial charge in [-0.25, -0.2) is 9.07 Å². The van der Waals surface area contributed by atoms with Crippen LogP contribution >= 0.6 is 11.3 Å². The van der Waals surface area contributed by atoms with Crippen LogP contribution in [0.5, 0.6) is 0 Å². The molecule has 29 heavy (non-hydrogen) atoms. The van der Waals surface area contributed by atoms with Crippen LogP contribution in [0, 0.1) is 5.82 Å². The van der Waals surface area contributed by atoms with Gasteiger partial charge in [-0.1, -0.05) is 24.7 Å². The number of rotatable bonds is 4. The molecule has 0 spiro atoms. The van der Waals surface area contributed by atoms with Crippen LogP contribution in [-0.2, 0) is 19.8 Å². The average Bonchev–Trinajstić information content (AvgIpc) is 3.00. The van der Waals surface area contributed by atoms with Gasteiger partial charge in [-0.3, -0.25) is 9.59 Å². The fourth-order valence-electron chi connectivity index (χ4n) is 2.67. The van der Waals surface area contributed by atoms with E-state index in [0.29, 0.717) is 41.4 Å². The van der Waals surface area contributed by atoms with Gasteiger partial charge in [0.2, 0.25) is 0 Å². The number of fused-ring (bicyclic) bond motifs is 1. The summed E-state index contributed by atoms with van der Waals surface area (Å²) in [7, 11) is 1.47. The monoisotopic (exact) mass is 428 g/mol. The highest BCUT2D eigenvalue weighted by Gasteiger charge is 2.32. The Labute approximate surface area is 165 Å². The highest BCUT2D eigenvalue weighted by atomic mass is 32.1. The van der Waals surface area contributed by atoms with Crippen LogP contribution in [0.3, 0.4) is 0 Å². The number of benzene rings is 1. The first-order valence-electron chi connectivity index (χ1n) is 8.65. The lowest BCUT2D eigenvalue weighted by molar-refractivity contribution is -0.137. The number of aromatic nitrogens is 3.